The van der Waals surface area contributed by atoms with E-state index in [1.807, 2.05) is 24.7 Å². The molecule has 1 aromatic carbocycles. The first-order valence-electron chi connectivity index (χ1n) is 6.89. The van der Waals surface area contributed by atoms with E-state index in [9.17, 15) is 5.11 Å². The van der Waals surface area contributed by atoms with Crippen LogP contribution < -0.4 is 0 Å². The predicted octanol–water partition coefficient (Wildman–Crippen LogP) is 2.96. The second-order valence-corrected chi connectivity index (χ2v) is 5.34. The molecule has 1 N–H and O–H groups in total. The van der Waals surface area contributed by atoms with E-state index in [1.165, 1.54) is 5.69 Å². The minimum atomic E-state index is 0.0603. The Morgan fingerprint density at radius 3 is 2.85 bits per heavy atom. The SMILES string of the molecule is CC(C)n1cncc1Cn1ccc2cccc(CO)c21. The summed E-state index contributed by atoms with van der Waals surface area (Å²) in [6.45, 7) is 5.12. The van der Waals surface area contributed by atoms with Gasteiger partial charge in [-0.25, -0.2) is 4.98 Å². The van der Waals surface area contributed by atoms with Gasteiger partial charge in [-0.15, -0.1) is 0 Å². The summed E-state index contributed by atoms with van der Waals surface area (Å²) >= 11 is 0. The molecule has 0 unspecified atom stereocenters. The minimum absolute atomic E-state index is 0.0603. The zero-order valence-electron chi connectivity index (χ0n) is 11.8. The number of aliphatic hydroxyl groups is 1. The fourth-order valence-electron chi connectivity index (χ4n) is 2.69. The monoisotopic (exact) mass is 269 g/mol. The molecule has 0 bridgehead atoms. The first kappa shape index (κ1) is 12.9. The fraction of sp³-hybridized carbons (Fsp3) is 0.312. The topological polar surface area (TPSA) is 43.0 Å². The van der Waals surface area contributed by atoms with Crippen molar-refractivity contribution in [2.45, 2.75) is 33.0 Å². The van der Waals surface area contributed by atoms with Crippen LogP contribution in [0.2, 0.25) is 0 Å². The molecule has 0 aliphatic rings. The largest absolute Gasteiger partial charge is 0.392 e. The van der Waals surface area contributed by atoms with Crippen molar-refractivity contribution >= 4 is 10.9 Å². The molecule has 0 aliphatic carbocycles. The van der Waals surface area contributed by atoms with Gasteiger partial charge < -0.3 is 14.2 Å². The van der Waals surface area contributed by atoms with Crippen LogP contribution in [0.25, 0.3) is 10.9 Å². The van der Waals surface area contributed by atoms with Gasteiger partial charge in [0.1, 0.15) is 0 Å². The van der Waals surface area contributed by atoms with E-state index in [2.05, 4.69) is 46.3 Å². The van der Waals surface area contributed by atoms with Crippen LogP contribution in [0, 0.1) is 0 Å². The highest BCUT2D eigenvalue weighted by molar-refractivity contribution is 5.83. The average Bonchev–Trinajstić information content (AvgIpc) is 3.06. The molecule has 0 amide bonds. The number of hydrogen-bond donors (Lipinski definition) is 1. The van der Waals surface area contributed by atoms with Gasteiger partial charge in [-0.2, -0.15) is 0 Å². The fourth-order valence-corrected chi connectivity index (χ4v) is 2.69. The molecular formula is C16H19N3O. The zero-order valence-corrected chi connectivity index (χ0v) is 11.8. The molecule has 0 saturated heterocycles. The maximum atomic E-state index is 9.52. The first-order chi connectivity index (χ1) is 9.70. The molecular weight excluding hydrogens is 250 g/mol. The van der Waals surface area contributed by atoms with Crippen molar-refractivity contribution in [3.8, 4) is 0 Å². The van der Waals surface area contributed by atoms with Crippen LogP contribution in [0.1, 0.15) is 31.1 Å². The molecule has 3 rings (SSSR count). The number of aromatic nitrogens is 3. The molecule has 3 aromatic rings. The molecule has 104 valence electrons. The van der Waals surface area contributed by atoms with E-state index in [0.717, 1.165) is 23.0 Å². The third-order valence-corrected chi connectivity index (χ3v) is 3.68. The van der Waals surface area contributed by atoms with Crippen LogP contribution >= 0.6 is 0 Å². The van der Waals surface area contributed by atoms with Gasteiger partial charge in [-0.3, -0.25) is 0 Å². The van der Waals surface area contributed by atoms with Crippen LogP contribution in [0.3, 0.4) is 0 Å². The van der Waals surface area contributed by atoms with Crippen LogP contribution in [0.15, 0.2) is 43.0 Å². The van der Waals surface area contributed by atoms with Gasteiger partial charge >= 0.3 is 0 Å². The molecule has 4 heteroatoms. The molecule has 0 spiro atoms. The predicted molar refractivity (Wildman–Crippen MR) is 79.6 cm³/mol. The lowest BCUT2D eigenvalue weighted by Gasteiger charge is -2.13. The lowest BCUT2D eigenvalue weighted by molar-refractivity contribution is 0.283. The quantitative estimate of drug-likeness (QED) is 0.791. The third kappa shape index (κ3) is 2.12. The van der Waals surface area contributed by atoms with Crippen molar-refractivity contribution in [1.82, 2.24) is 14.1 Å². The summed E-state index contributed by atoms with van der Waals surface area (Å²) in [5, 5.41) is 10.7. The molecule has 0 saturated carbocycles. The summed E-state index contributed by atoms with van der Waals surface area (Å²) in [7, 11) is 0. The maximum absolute atomic E-state index is 9.52. The highest BCUT2D eigenvalue weighted by atomic mass is 16.3. The van der Waals surface area contributed by atoms with Gasteiger partial charge in [-0.1, -0.05) is 18.2 Å². The maximum Gasteiger partial charge on any atom is 0.0951 e. The highest BCUT2D eigenvalue weighted by Gasteiger charge is 2.10. The molecule has 0 radical (unpaired) electrons. The van der Waals surface area contributed by atoms with E-state index >= 15 is 0 Å². The van der Waals surface area contributed by atoms with Crippen LogP contribution in [-0.2, 0) is 13.2 Å². The number of benzene rings is 1. The van der Waals surface area contributed by atoms with Crippen molar-refractivity contribution in [3.05, 3.63) is 54.2 Å². The Kier molecular flexibility index (Phi) is 3.32. The molecule has 0 fully saturated rings. The summed E-state index contributed by atoms with van der Waals surface area (Å²) in [5.41, 5.74) is 3.24. The minimum Gasteiger partial charge on any atom is -0.392 e. The van der Waals surface area contributed by atoms with Crippen molar-refractivity contribution in [2.75, 3.05) is 0 Å². The lowest BCUT2D eigenvalue weighted by atomic mass is 10.1. The summed E-state index contributed by atoms with van der Waals surface area (Å²) in [6.07, 6.45) is 5.85. The average molecular weight is 269 g/mol. The van der Waals surface area contributed by atoms with Gasteiger partial charge in [0.15, 0.2) is 0 Å². The van der Waals surface area contributed by atoms with Crippen molar-refractivity contribution in [3.63, 3.8) is 0 Å². The normalized spacial score (nSPS) is 11.6. The summed E-state index contributed by atoms with van der Waals surface area (Å²) in [6, 6.07) is 8.51. The van der Waals surface area contributed by atoms with Crippen molar-refractivity contribution in [1.29, 1.82) is 0 Å². The van der Waals surface area contributed by atoms with Gasteiger partial charge in [-0.05, 0) is 25.3 Å². The van der Waals surface area contributed by atoms with E-state index in [0.29, 0.717) is 6.04 Å². The molecule has 2 aromatic heterocycles. The third-order valence-electron chi connectivity index (χ3n) is 3.68. The molecule has 0 aliphatic heterocycles. The Labute approximate surface area is 118 Å². The van der Waals surface area contributed by atoms with Gasteiger partial charge in [0, 0.05) is 24.0 Å². The number of imidazole rings is 1. The standard InChI is InChI=1S/C16H19N3O/c1-12(2)19-11-17-8-15(19)9-18-7-6-13-4-3-5-14(10-20)16(13)18/h3-8,11-12,20H,9-10H2,1-2H3. The van der Waals surface area contributed by atoms with Crippen molar-refractivity contribution < 1.29 is 5.11 Å². The second-order valence-electron chi connectivity index (χ2n) is 5.34. The van der Waals surface area contributed by atoms with Crippen LogP contribution in [0.4, 0.5) is 0 Å². The Bertz CT molecular complexity index is 724. The highest BCUT2D eigenvalue weighted by Crippen LogP contribution is 2.22. The number of hydrogen-bond acceptors (Lipinski definition) is 2. The molecule has 20 heavy (non-hydrogen) atoms. The second kappa shape index (κ2) is 5.13. The number of fused-ring (bicyclic) bond motifs is 1. The smallest absolute Gasteiger partial charge is 0.0951 e. The number of para-hydroxylation sites is 1. The Balaban J connectivity index is 2.05. The van der Waals surface area contributed by atoms with Gasteiger partial charge in [0.2, 0.25) is 0 Å². The zero-order chi connectivity index (χ0) is 14.1. The number of aliphatic hydroxyl groups excluding tert-OH is 1. The first-order valence-corrected chi connectivity index (χ1v) is 6.89. The molecule has 4 nitrogen and oxygen atoms in total. The van der Waals surface area contributed by atoms with E-state index in [1.54, 1.807) is 0 Å². The summed E-state index contributed by atoms with van der Waals surface area (Å²) in [4.78, 5) is 4.25. The summed E-state index contributed by atoms with van der Waals surface area (Å²) < 4.78 is 4.35. The number of rotatable bonds is 4. The number of nitrogens with zero attached hydrogens (tertiary/aromatic N) is 3. The Morgan fingerprint density at radius 1 is 1.25 bits per heavy atom. The lowest BCUT2D eigenvalue weighted by Crippen LogP contribution is -2.08. The van der Waals surface area contributed by atoms with Crippen LogP contribution in [-0.4, -0.2) is 19.2 Å². The molecule has 0 atom stereocenters. The van der Waals surface area contributed by atoms with E-state index in [4.69, 9.17) is 0 Å². The van der Waals surface area contributed by atoms with E-state index < -0.39 is 0 Å². The van der Waals surface area contributed by atoms with Crippen LogP contribution in [0.5, 0.6) is 0 Å². The van der Waals surface area contributed by atoms with Crippen molar-refractivity contribution in [2.24, 2.45) is 0 Å². The Morgan fingerprint density at radius 2 is 2.10 bits per heavy atom. The molecule has 2 heterocycles. The van der Waals surface area contributed by atoms with E-state index in [-0.39, 0.29) is 6.61 Å². The van der Waals surface area contributed by atoms with Gasteiger partial charge in [0.25, 0.3) is 0 Å². The Hall–Kier alpha value is -2.07. The van der Waals surface area contributed by atoms with Gasteiger partial charge in [0.05, 0.1) is 30.7 Å². The summed E-state index contributed by atoms with van der Waals surface area (Å²) in [5.74, 6) is 0.